The summed E-state index contributed by atoms with van der Waals surface area (Å²) in [6.07, 6.45) is 4.73. The fraction of sp³-hybridized carbons (Fsp3) is 0.206. The van der Waals surface area contributed by atoms with Crippen molar-refractivity contribution in [3.05, 3.63) is 112 Å². The van der Waals surface area contributed by atoms with Crippen LogP contribution in [0.1, 0.15) is 34.7 Å². The van der Waals surface area contributed by atoms with Crippen molar-refractivity contribution in [1.29, 1.82) is 5.26 Å². The number of aliphatic carboxylic acids is 1. The van der Waals surface area contributed by atoms with Crippen LogP contribution in [0.2, 0.25) is 5.02 Å². The van der Waals surface area contributed by atoms with Gasteiger partial charge in [-0.15, -0.1) is 0 Å². The molecule has 9 nitrogen and oxygen atoms in total. The highest BCUT2D eigenvalue weighted by molar-refractivity contribution is 6.32. The number of halogens is 1. The molecular weight excluding hydrogens is 582 g/mol. The molecule has 0 amide bonds. The molecule has 3 N–H and O–H groups in total. The Bertz CT molecular complexity index is 1860. The van der Waals surface area contributed by atoms with Crippen LogP contribution in [0.4, 0.5) is 0 Å². The zero-order chi connectivity index (χ0) is 31.3. The van der Waals surface area contributed by atoms with E-state index in [2.05, 4.69) is 28.5 Å². The molecule has 2 aromatic heterocycles. The van der Waals surface area contributed by atoms with Crippen LogP contribution in [0.3, 0.4) is 0 Å². The number of benzene rings is 3. The number of aliphatic hydroxyl groups excluding tert-OH is 1. The third-order valence-electron chi connectivity index (χ3n) is 7.48. The summed E-state index contributed by atoms with van der Waals surface area (Å²) < 4.78 is 17.8. The molecule has 0 aliphatic carbocycles. The van der Waals surface area contributed by atoms with Crippen molar-refractivity contribution in [2.75, 3.05) is 6.61 Å². The molecule has 0 aliphatic rings. The number of nitrogens with zero attached hydrogens (tertiary/aromatic N) is 2. The molecule has 224 valence electrons. The van der Waals surface area contributed by atoms with Crippen molar-refractivity contribution in [2.24, 2.45) is 0 Å². The predicted molar refractivity (Wildman–Crippen MR) is 165 cm³/mol. The van der Waals surface area contributed by atoms with Gasteiger partial charge in [0.2, 0.25) is 0 Å². The van der Waals surface area contributed by atoms with Crippen molar-refractivity contribution in [1.82, 2.24) is 10.3 Å². The van der Waals surface area contributed by atoms with Crippen LogP contribution >= 0.6 is 11.6 Å². The van der Waals surface area contributed by atoms with Crippen LogP contribution in [-0.2, 0) is 24.6 Å². The number of nitrogens with one attached hydrogen (secondary N) is 1. The van der Waals surface area contributed by atoms with Gasteiger partial charge in [-0.2, -0.15) is 5.26 Å². The second kappa shape index (κ2) is 13.2. The topological polar surface area (TPSA) is 138 Å². The molecule has 10 heteroatoms. The van der Waals surface area contributed by atoms with Gasteiger partial charge < -0.3 is 24.1 Å². The summed E-state index contributed by atoms with van der Waals surface area (Å²) in [6.45, 7) is 3.18. The van der Waals surface area contributed by atoms with Crippen LogP contribution in [0.25, 0.3) is 22.1 Å². The Morgan fingerprint density at radius 3 is 2.66 bits per heavy atom. The molecule has 5 rings (SSSR count). The van der Waals surface area contributed by atoms with Gasteiger partial charge in [-0.05, 0) is 66.4 Å². The molecule has 2 heterocycles. The third kappa shape index (κ3) is 6.68. The standard InChI is InChI=1S/C34H30ClN3O6/c1-21-26(4-3-5-28(21)24-6-7-30-25(11-24)8-9-42-30)19-44-32-13-31(43-18-23-10-22(14-36)15-37-16-23)27(12-29(32)35)17-38-34(2,20-39)33(40)41/h3-13,15-16,38-39H,17-20H2,1-2H3,(H,40,41)/t34-/m1/s1. The summed E-state index contributed by atoms with van der Waals surface area (Å²) >= 11 is 6.65. The van der Waals surface area contributed by atoms with Gasteiger partial charge >= 0.3 is 5.97 Å². The summed E-state index contributed by atoms with van der Waals surface area (Å²) in [6, 6.07) is 21.1. The van der Waals surface area contributed by atoms with Crippen molar-refractivity contribution in [3.63, 3.8) is 0 Å². The number of aliphatic hydroxyl groups is 1. The number of carboxylic acid groups (broad SMARTS) is 1. The third-order valence-corrected chi connectivity index (χ3v) is 7.78. The van der Waals surface area contributed by atoms with Crippen LogP contribution in [0.5, 0.6) is 11.5 Å². The van der Waals surface area contributed by atoms with Crippen LogP contribution in [-0.4, -0.2) is 33.3 Å². The number of fused-ring (bicyclic) bond motifs is 1. The van der Waals surface area contributed by atoms with E-state index in [0.29, 0.717) is 33.2 Å². The van der Waals surface area contributed by atoms with Gasteiger partial charge in [0.25, 0.3) is 0 Å². The van der Waals surface area contributed by atoms with E-state index >= 15 is 0 Å². The Morgan fingerprint density at radius 2 is 1.89 bits per heavy atom. The average molecular weight is 612 g/mol. The van der Waals surface area contributed by atoms with Crippen molar-refractivity contribution in [3.8, 4) is 28.7 Å². The number of ether oxygens (including phenoxy) is 2. The monoisotopic (exact) mass is 611 g/mol. The summed E-state index contributed by atoms with van der Waals surface area (Å²) in [4.78, 5) is 15.8. The largest absolute Gasteiger partial charge is 0.488 e. The molecule has 5 aromatic rings. The molecule has 1 atom stereocenters. The first-order valence-electron chi connectivity index (χ1n) is 13.8. The van der Waals surface area contributed by atoms with Gasteiger partial charge in [0.1, 0.15) is 41.9 Å². The predicted octanol–water partition coefficient (Wildman–Crippen LogP) is 6.41. The summed E-state index contributed by atoms with van der Waals surface area (Å²) in [5.74, 6) is -0.430. The van der Waals surface area contributed by atoms with Crippen molar-refractivity contribution >= 4 is 28.5 Å². The number of aromatic nitrogens is 1. The van der Waals surface area contributed by atoms with Gasteiger partial charge in [-0.25, -0.2) is 0 Å². The van der Waals surface area contributed by atoms with Crippen molar-refractivity contribution in [2.45, 2.75) is 39.1 Å². The highest BCUT2D eigenvalue weighted by Crippen LogP contribution is 2.35. The molecule has 0 fully saturated rings. The maximum atomic E-state index is 11.7. The molecule has 0 unspecified atom stereocenters. The highest BCUT2D eigenvalue weighted by Gasteiger charge is 2.32. The van der Waals surface area contributed by atoms with Gasteiger partial charge in [0.05, 0.1) is 23.5 Å². The van der Waals surface area contributed by atoms with Crippen LogP contribution < -0.4 is 14.8 Å². The highest BCUT2D eigenvalue weighted by atomic mass is 35.5. The van der Waals surface area contributed by atoms with Gasteiger partial charge in [-0.3, -0.25) is 15.1 Å². The lowest BCUT2D eigenvalue weighted by atomic mass is 9.96. The Kier molecular flexibility index (Phi) is 9.16. The zero-order valence-corrected chi connectivity index (χ0v) is 24.9. The molecule has 0 aliphatic heterocycles. The average Bonchev–Trinajstić information content (AvgIpc) is 3.51. The molecule has 44 heavy (non-hydrogen) atoms. The van der Waals surface area contributed by atoms with E-state index in [1.165, 1.54) is 13.1 Å². The lowest BCUT2D eigenvalue weighted by Crippen LogP contribution is -2.52. The molecule has 3 aromatic carbocycles. The minimum Gasteiger partial charge on any atom is -0.488 e. The van der Waals surface area contributed by atoms with E-state index in [0.717, 1.165) is 33.2 Å². The maximum absolute atomic E-state index is 11.7. The smallest absolute Gasteiger partial charge is 0.326 e. The number of nitriles is 1. The van der Waals surface area contributed by atoms with E-state index in [1.54, 1.807) is 30.7 Å². The first-order chi connectivity index (χ1) is 21.2. The second-order valence-corrected chi connectivity index (χ2v) is 11.0. The fourth-order valence-electron chi connectivity index (χ4n) is 4.68. The Hall–Kier alpha value is -4.88. The zero-order valence-electron chi connectivity index (χ0n) is 24.1. The quantitative estimate of drug-likeness (QED) is 0.146. The first kappa shape index (κ1) is 30.6. The fourth-order valence-corrected chi connectivity index (χ4v) is 4.92. The normalized spacial score (nSPS) is 12.4. The number of hydrogen-bond acceptors (Lipinski definition) is 8. The van der Waals surface area contributed by atoms with E-state index in [9.17, 15) is 20.3 Å². The molecule has 0 saturated heterocycles. The number of pyridine rings is 1. The number of carboxylic acids is 1. The molecule has 0 bridgehead atoms. The van der Waals surface area contributed by atoms with E-state index in [4.69, 9.17) is 25.5 Å². The summed E-state index contributed by atoms with van der Waals surface area (Å²) in [7, 11) is 0. The number of hydrogen-bond donors (Lipinski definition) is 3. The minimum absolute atomic E-state index is 0.0390. The van der Waals surface area contributed by atoms with Crippen LogP contribution in [0, 0.1) is 18.3 Å². The van der Waals surface area contributed by atoms with E-state index in [1.807, 2.05) is 37.3 Å². The Morgan fingerprint density at radius 1 is 1.07 bits per heavy atom. The Balaban J connectivity index is 1.40. The summed E-state index contributed by atoms with van der Waals surface area (Å²) in [5, 5.41) is 32.7. The van der Waals surface area contributed by atoms with Gasteiger partial charge in [0.15, 0.2) is 0 Å². The van der Waals surface area contributed by atoms with Crippen LogP contribution in [0.15, 0.2) is 83.7 Å². The molecule has 0 radical (unpaired) electrons. The lowest BCUT2D eigenvalue weighted by molar-refractivity contribution is -0.145. The summed E-state index contributed by atoms with van der Waals surface area (Å²) in [5.41, 5.74) is 5.05. The number of rotatable bonds is 12. The van der Waals surface area contributed by atoms with Gasteiger partial charge in [0, 0.05) is 41.5 Å². The maximum Gasteiger partial charge on any atom is 0.326 e. The Labute approximate surface area is 259 Å². The second-order valence-electron chi connectivity index (χ2n) is 10.6. The molecular formula is C34H30ClN3O6. The first-order valence-corrected chi connectivity index (χ1v) is 14.2. The molecule has 0 saturated carbocycles. The van der Waals surface area contributed by atoms with Crippen molar-refractivity contribution < 1.29 is 28.9 Å². The lowest BCUT2D eigenvalue weighted by Gasteiger charge is -2.25. The SMILES string of the molecule is Cc1c(COc2cc(OCc3cncc(C#N)c3)c(CN[C@](C)(CO)C(=O)O)cc2Cl)cccc1-c1ccc2occc2c1. The van der Waals surface area contributed by atoms with E-state index < -0.39 is 18.1 Å². The number of furan rings is 1. The minimum atomic E-state index is -1.57. The number of carbonyl (C=O) groups is 1. The van der Waals surface area contributed by atoms with Gasteiger partial charge in [-0.1, -0.05) is 35.9 Å². The van der Waals surface area contributed by atoms with E-state index in [-0.39, 0.29) is 19.8 Å². The molecule has 0 spiro atoms.